The van der Waals surface area contributed by atoms with Crippen molar-refractivity contribution < 1.29 is 19.0 Å². The van der Waals surface area contributed by atoms with E-state index in [2.05, 4.69) is 4.98 Å². The molecular weight excluding hydrogens is 258 g/mol. The lowest BCUT2D eigenvalue weighted by atomic mass is 10.1. The third-order valence-corrected chi connectivity index (χ3v) is 2.89. The first-order chi connectivity index (χ1) is 9.69. The maximum Gasteiger partial charge on any atom is 0.355 e. The van der Waals surface area contributed by atoms with Gasteiger partial charge in [0.2, 0.25) is 0 Å². The van der Waals surface area contributed by atoms with Gasteiger partial charge in [0.15, 0.2) is 0 Å². The largest absolute Gasteiger partial charge is 0.497 e. The van der Waals surface area contributed by atoms with Gasteiger partial charge in [0.1, 0.15) is 17.2 Å². The number of methoxy groups -OCH3 is 2. The van der Waals surface area contributed by atoms with Crippen LogP contribution in [0.4, 0.5) is 0 Å². The molecule has 5 nitrogen and oxygen atoms in total. The zero-order valence-corrected chi connectivity index (χ0v) is 11.7. The fraction of sp³-hybridized carbons (Fsp3) is 0.267. The van der Waals surface area contributed by atoms with Crippen molar-refractivity contribution in [2.45, 2.75) is 6.92 Å². The Bertz CT molecular complexity index is 581. The number of hydrogen-bond acceptors (Lipinski definition) is 4. The number of carbonyl (C=O) groups is 1. The Morgan fingerprint density at radius 3 is 2.35 bits per heavy atom. The van der Waals surface area contributed by atoms with E-state index < -0.39 is 0 Å². The van der Waals surface area contributed by atoms with E-state index in [1.807, 2.05) is 18.2 Å². The molecule has 1 aromatic carbocycles. The van der Waals surface area contributed by atoms with Crippen LogP contribution in [-0.4, -0.2) is 31.8 Å². The fourth-order valence-corrected chi connectivity index (χ4v) is 1.95. The van der Waals surface area contributed by atoms with Gasteiger partial charge in [0.25, 0.3) is 0 Å². The number of rotatable bonds is 5. The van der Waals surface area contributed by atoms with Crippen LogP contribution in [0.3, 0.4) is 0 Å². The van der Waals surface area contributed by atoms with Crippen LogP contribution in [-0.2, 0) is 4.74 Å². The Labute approximate surface area is 117 Å². The highest BCUT2D eigenvalue weighted by atomic mass is 16.5. The van der Waals surface area contributed by atoms with Gasteiger partial charge < -0.3 is 19.2 Å². The molecule has 2 aromatic rings. The van der Waals surface area contributed by atoms with E-state index in [9.17, 15) is 4.79 Å². The molecule has 1 heterocycles. The van der Waals surface area contributed by atoms with Crippen LogP contribution in [0.25, 0.3) is 11.1 Å². The number of H-pyrrole nitrogens is 1. The lowest BCUT2D eigenvalue weighted by Crippen LogP contribution is -2.06. The summed E-state index contributed by atoms with van der Waals surface area (Å²) in [5, 5.41) is 0. The Kier molecular flexibility index (Phi) is 4.30. The van der Waals surface area contributed by atoms with Crippen LogP contribution in [0.5, 0.6) is 11.5 Å². The van der Waals surface area contributed by atoms with Crippen LogP contribution in [0, 0.1) is 0 Å². The number of esters is 1. The summed E-state index contributed by atoms with van der Waals surface area (Å²) >= 11 is 0. The molecule has 0 unspecified atom stereocenters. The fourth-order valence-electron chi connectivity index (χ4n) is 1.95. The maximum absolute atomic E-state index is 11.9. The number of aromatic amines is 1. The molecule has 0 saturated heterocycles. The van der Waals surface area contributed by atoms with Crippen molar-refractivity contribution in [3.63, 3.8) is 0 Å². The lowest BCUT2D eigenvalue weighted by molar-refractivity contribution is 0.0521. The molecule has 0 saturated carbocycles. The van der Waals surface area contributed by atoms with E-state index in [0.717, 1.165) is 11.1 Å². The molecule has 0 fully saturated rings. The molecule has 106 valence electrons. The first-order valence-electron chi connectivity index (χ1n) is 6.27. The normalized spacial score (nSPS) is 10.2. The summed E-state index contributed by atoms with van der Waals surface area (Å²) < 4.78 is 15.5. The van der Waals surface area contributed by atoms with Crippen molar-refractivity contribution >= 4 is 5.97 Å². The zero-order valence-electron chi connectivity index (χ0n) is 11.7. The van der Waals surface area contributed by atoms with E-state index in [0.29, 0.717) is 23.8 Å². The first kappa shape index (κ1) is 14.0. The smallest absolute Gasteiger partial charge is 0.355 e. The Hall–Kier alpha value is -2.43. The van der Waals surface area contributed by atoms with Gasteiger partial charge in [0.05, 0.1) is 20.8 Å². The van der Waals surface area contributed by atoms with Gasteiger partial charge in [-0.3, -0.25) is 0 Å². The highest BCUT2D eigenvalue weighted by Gasteiger charge is 2.16. The van der Waals surface area contributed by atoms with Gasteiger partial charge in [-0.05, 0) is 30.7 Å². The number of ether oxygens (including phenoxy) is 3. The van der Waals surface area contributed by atoms with Crippen molar-refractivity contribution in [2.75, 3.05) is 20.8 Å². The molecule has 0 atom stereocenters. The topological polar surface area (TPSA) is 60.6 Å². The van der Waals surface area contributed by atoms with E-state index in [1.54, 1.807) is 33.4 Å². The number of benzene rings is 1. The highest BCUT2D eigenvalue weighted by molar-refractivity contribution is 5.95. The standard InChI is InChI=1S/C15H17NO4/c1-4-20-15(17)14-13(5-6-16-14)10-7-11(18-2)9-12(8-10)19-3/h5-9,16H,4H2,1-3H3. The minimum absolute atomic E-state index is 0.332. The highest BCUT2D eigenvalue weighted by Crippen LogP contribution is 2.31. The predicted molar refractivity (Wildman–Crippen MR) is 75.3 cm³/mol. The van der Waals surface area contributed by atoms with Crippen LogP contribution in [0.2, 0.25) is 0 Å². The third kappa shape index (κ3) is 2.77. The van der Waals surface area contributed by atoms with Crippen molar-refractivity contribution in [1.82, 2.24) is 4.98 Å². The van der Waals surface area contributed by atoms with Crippen LogP contribution in [0.15, 0.2) is 30.5 Å². The SMILES string of the molecule is CCOC(=O)c1[nH]ccc1-c1cc(OC)cc(OC)c1. The Morgan fingerprint density at radius 1 is 1.15 bits per heavy atom. The van der Waals surface area contributed by atoms with E-state index in [-0.39, 0.29) is 5.97 Å². The monoisotopic (exact) mass is 275 g/mol. The molecule has 0 bridgehead atoms. The molecule has 5 heteroatoms. The first-order valence-corrected chi connectivity index (χ1v) is 6.27. The average Bonchev–Trinajstić information content (AvgIpc) is 2.96. The molecule has 0 aliphatic carbocycles. The van der Waals surface area contributed by atoms with Crippen molar-refractivity contribution in [3.05, 3.63) is 36.2 Å². The van der Waals surface area contributed by atoms with Crippen LogP contribution >= 0.6 is 0 Å². The molecule has 0 spiro atoms. The van der Waals surface area contributed by atoms with Gasteiger partial charge in [0, 0.05) is 17.8 Å². The third-order valence-electron chi connectivity index (χ3n) is 2.89. The summed E-state index contributed by atoms with van der Waals surface area (Å²) in [5.74, 6) is 0.944. The maximum atomic E-state index is 11.9. The molecule has 1 aromatic heterocycles. The Morgan fingerprint density at radius 2 is 1.80 bits per heavy atom. The van der Waals surface area contributed by atoms with E-state index in [1.165, 1.54) is 0 Å². The van der Waals surface area contributed by atoms with Gasteiger partial charge in [-0.25, -0.2) is 4.79 Å². The minimum atomic E-state index is -0.380. The molecule has 20 heavy (non-hydrogen) atoms. The van der Waals surface area contributed by atoms with Gasteiger partial charge in [-0.2, -0.15) is 0 Å². The van der Waals surface area contributed by atoms with Crippen LogP contribution < -0.4 is 9.47 Å². The van der Waals surface area contributed by atoms with Gasteiger partial charge in [-0.1, -0.05) is 0 Å². The molecule has 0 aliphatic rings. The summed E-state index contributed by atoms with van der Waals surface area (Å²) in [6.07, 6.45) is 1.70. The predicted octanol–water partition coefficient (Wildman–Crippen LogP) is 2.88. The number of nitrogens with one attached hydrogen (secondary N) is 1. The lowest BCUT2D eigenvalue weighted by Gasteiger charge is -2.09. The summed E-state index contributed by atoms with van der Waals surface area (Å²) in [6.45, 7) is 2.10. The zero-order chi connectivity index (χ0) is 14.5. The second kappa shape index (κ2) is 6.14. The summed E-state index contributed by atoms with van der Waals surface area (Å²) in [4.78, 5) is 14.8. The quantitative estimate of drug-likeness (QED) is 0.852. The molecular formula is C15H17NO4. The number of hydrogen-bond donors (Lipinski definition) is 1. The molecule has 2 rings (SSSR count). The minimum Gasteiger partial charge on any atom is -0.497 e. The van der Waals surface area contributed by atoms with Crippen molar-refractivity contribution in [1.29, 1.82) is 0 Å². The number of aromatic nitrogens is 1. The summed E-state index contributed by atoms with van der Waals surface area (Å²) in [6, 6.07) is 7.28. The van der Waals surface area contributed by atoms with Crippen molar-refractivity contribution in [2.24, 2.45) is 0 Å². The van der Waals surface area contributed by atoms with Gasteiger partial charge >= 0.3 is 5.97 Å². The second-order valence-corrected chi connectivity index (χ2v) is 4.09. The molecule has 0 aliphatic heterocycles. The number of carbonyl (C=O) groups excluding carboxylic acids is 1. The second-order valence-electron chi connectivity index (χ2n) is 4.09. The van der Waals surface area contributed by atoms with E-state index in [4.69, 9.17) is 14.2 Å². The summed E-state index contributed by atoms with van der Waals surface area (Å²) in [7, 11) is 3.17. The Balaban J connectivity index is 2.46. The summed E-state index contributed by atoms with van der Waals surface area (Å²) in [5.41, 5.74) is 1.99. The van der Waals surface area contributed by atoms with Gasteiger partial charge in [-0.15, -0.1) is 0 Å². The molecule has 1 N–H and O–H groups in total. The van der Waals surface area contributed by atoms with E-state index >= 15 is 0 Å². The van der Waals surface area contributed by atoms with Crippen molar-refractivity contribution in [3.8, 4) is 22.6 Å². The average molecular weight is 275 g/mol. The molecule has 0 amide bonds. The molecule has 0 radical (unpaired) electrons. The van der Waals surface area contributed by atoms with Crippen LogP contribution in [0.1, 0.15) is 17.4 Å².